The summed E-state index contributed by atoms with van der Waals surface area (Å²) < 4.78 is 26.0. The fourth-order valence-electron chi connectivity index (χ4n) is 4.08. The van der Waals surface area contributed by atoms with Gasteiger partial charge in [0.2, 0.25) is 0 Å². The number of hydrogen-bond acceptors (Lipinski definition) is 5. The first-order valence-corrected chi connectivity index (χ1v) is 10.4. The Morgan fingerprint density at radius 2 is 2.10 bits per heavy atom. The molecule has 1 aromatic heterocycles. The molecule has 158 valence electrons. The van der Waals surface area contributed by atoms with Gasteiger partial charge in [-0.25, -0.2) is 4.39 Å². The molecule has 6 heteroatoms. The third kappa shape index (κ3) is 3.92. The molecule has 5 nitrogen and oxygen atoms in total. The van der Waals surface area contributed by atoms with Crippen LogP contribution in [0.1, 0.15) is 25.8 Å². The van der Waals surface area contributed by atoms with Crippen LogP contribution in [-0.2, 0) is 6.42 Å². The molecule has 0 saturated carbocycles. The Hall–Kier alpha value is -2.86. The number of ether oxygens (including phenoxy) is 1. The average molecular weight is 410 g/mol. The monoisotopic (exact) mass is 410 g/mol. The van der Waals surface area contributed by atoms with E-state index >= 15 is 0 Å². The second kappa shape index (κ2) is 8.48. The SMILES string of the molecule is CCCc1cc(-c2cc(=O)c3cc(N4CCN[C@@H](C)C4)ccc3o2)c(F)cc1OC. The van der Waals surface area contributed by atoms with Gasteiger partial charge in [-0.05, 0) is 43.2 Å². The molecule has 3 aromatic rings. The van der Waals surface area contributed by atoms with Crippen molar-refractivity contribution < 1.29 is 13.5 Å². The van der Waals surface area contributed by atoms with E-state index in [1.165, 1.54) is 19.2 Å². The third-order valence-corrected chi connectivity index (χ3v) is 5.60. The van der Waals surface area contributed by atoms with Crippen molar-refractivity contribution in [1.82, 2.24) is 5.32 Å². The van der Waals surface area contributed by atoms with Crippen molar-refractivity contribution >= 4 is 16.7 Å². The van der Waals surface area contributed by atoms with Crippen molar-refractivity contribution in [2.45, 2.75) is 32.7 Å². The Balaban J connectivity index is 1.76. The van der Waals surface area contributed by atoms with Gasteiger partial charge in [-0.1, -0.05) is 13.3 Å². The summed E-state index contributed by atoms with van der Waals surface area (Å²) in [5, 5.41) is 3.92. The molecule has 4 rings (SSSR count). The molecule has 1 atom stereocenters. The predicted molar refractivity (Wildman–Crippen MR) is 118 cm³/mol. The first kappa shape index (κ1) is 20.4. The highest BCUT2D eigenvalue weighted by Gasteiger charge is 2.18. The summed E-state index contributed by atoms with van der Waals surface area (Å²) in [5.74, 6) is 0.269. The lowest BCUT2D eigenvalue weighted by molar-refractivity contribution is 0.406. The van der Waals surface area contributed by atoms with Crippen LogP contribution in [0, 0.1) is 5.82 Å². The van der Waals surface area contributed by atoms with Gasteiger partial charge in [-0.2, -0.15) is 0 Å². The van der Waals surface area contributed by atoms with E-state index in [1.807, 2.05) is 12.1 Å². The van der Waals surface area contributed by atoms with Crippen LogP contribution in [0.3, 0.4) is 0 Å². The Labute approximate surface area is 175 Å². The summed E-state index contributed by atoms with van der Waals surface area (Å²) in [7, 11) is 1.53. The van der Waals surface area contributed by atoms with Gasteiger partial charge in [0.25, 0.3) is 0 Å². The smallest absolute Gasteiger partial charge is 0.193 e. The molecule has 0 amide bonds. The molecule has 0 spiro atoms. The lowest BCUT2D eigenvalue weighted by Gasteiger charge is -2.33. The number of nitrogens with one attached hydrogen (secondary N) is 1. The van der Waals surface area contributed by atoms with Gasteiger partial charge < -0.3 is 19.4 Å². The van der Waals surface area contributed by atoms with E-state index in [4.69, 9.17) is 9.15 Å². The van der Waals surface area contributed by atoms with Crippen molar-refractivity contribution in [2.75, 3.05) is 31.6 Å². The molecule has 0 bridgehead atoms. The number of aryl methyl sites for hydroxylation is 1. The number of fused-ring (bicyclic) bond motifs is 1. The van der Waals surface area contributed by atoms with Gasteiger partial charge in [-0.3, -0.25) is 4.79 Å². The van der Waals surface area contributed by atoms with Crippen LogP contribution in [-0.4, -0.2) is 32.8 Å². The normalized spacial score (nSPS) is 16.8. The largest absolute Gasteiger partial charge is 0.496 e. The van der Waals surface area contributed by atoms with Crippen LogP contribution in [0.2, 0.25) is 0 Å². The summed E-state index contributed by atoms with van der Waals surface area (Å²) in [4.78, 5) is 15.1. The minimum absolute atomic E-state index is 0.177. The van der Waals surface area contributed by atoms with Gasteiger partial charge in [0.05, 0.1) is 18.1 Å². The van der Waals surface area contributed by atoms with Crippen molar-refractivity contribution in [2.24, 2.45) is 0 Å². The predicted octanol–water partition coefficient (Wildman–Crippen LogP) is 4.36. The molecule has 0 radical (unpaired) electrons. The number of hydrogen-bond donors (Lipinski definition) is 1. The van der Waals surface area contributed by atoms with Gasteiger partial charge in [-0.15, -0.1) is 0 Å². The molecule has 0 aliphatic carbocycles. The maximum Gasteiger partial charge on any atom is 0.193 e. The van der Waals surface area contributed by atoms with Crippen LogP contribution in [0.4, 0.5) is 10.1 Å². The first-order chi connectivity index (χ1) is 14.5. The number of rotatable bonds is 5. The number of benzene rings is 2. The van der Waals surface area contributed by atoms with Crippen molar-refractivity contribution in [3.63, 3.8) is 0 Å². The van der Waals surface area contributed by atoms with E-state index < -0.39 is 5.82 Å². The standard InChI is InChI=1S/C24H27FN2O3/c1-4-5-16-10-18(20(25)12-23(16)29-3)24-13-21(28)19-11-17(6-7-22(19)30-24)27-9-8-26-15(2)14-27/h6-7,10-13,15,26H,4-5,8-9,14H2,1-3H3/t15-/m0/s1. The van der Waals surface area contributed by atoms with Gasteiger partial charge in [0, 0.05) is 43.5 Å². The fourth-order valence-corrected chi connectivity index (χ4v) is 4.08. The zero-order valence-corrected chi connectivity index (χ0v) is 17.6. The third-order valence-electron chi connectivity index (χ3n) is 5.60. The summed E-state index contributed by atoms with van der Waals surface area (Å²) in [6.07, 6.45) is 1.65. The van der Waals surface area contributed by atoms with E-state index in [1.54, 1.807) is 12.1 Å². The topological polar surface area (TPSA) is 54.7 Å². The van der Waals surface area contributed by atoms with Crippen LogP contribution >= 0.6 is 0 Å². The zero-order chi connectivity index (χ0) is 21.3. The molecule has 0 unspecified atom stereocenters. The second-order valence-electron chi connectivity index (χ2n) is 7.85. The minimum atomic E-state index is -0.472. The van der Waals surface area contributed by atoms with E-state index in [-0.39, 0.29) is 16.8 Å². The molecule has 1 saturated heterocycles. The first-order valence-electron chi connectivity index (χ1n) is 10.4. The fraction of sp³-hybridized carbons (Fsp3) is 0.375. The Morgan fingerprint density at radius 3 is 2.83 bits per heavy atom. The number of nitrogens with zero attached hydrogens (tertiary/aromatic N) is 1. The van der Waals surface area contributed by atoms with E-state index in [2.05, 4.69) is 24.1 Å². The zero-order valence-electron chi connectivity index (χ0n) is 17.6. The minimum Gasteiger partial charge on any atom is -0.496 e. The second-order valence-corrected chi connectivity index (χ2v) is 7.85. The highest BCUT2D eigenvalue weighted by Crippen LogP contribution is 2.32. The maximum atomic E-state index is 14.8. The Bertz CT molecular complexity index is 1130. The lowest BCUT2D eigenvalue weighted by atomic mass is 10.0. The molecule has 1 fully saturated rings. The molecule has 2 heterocycles. The summed E-state index contributed by atoms with van der Waals surface area (Å²) in [5.41, 5.74) is 2.44. The number of methoxy groups -OCH3 is 1. The Morgan fingerprint density at radius 1 is 1.27 bits per heavy atom. The summed E-state index contributed by atoms with van der Waals surface area (Å²) >= 11 is 0. The molecule has 1 aliphatic heterocycles. The molecule has 2 aromatic carbocycles. The molecular formula is C24H27FN2O3. The summed E-state index contributed by atoms with van der Waals surface area (Å²) in [6.45, 7) is 6.87. The van der Waals surface area contributed by atoms with Crippen LogP contribution < -0.4 is 20.4 Å². The maximum absolute atomic E-state index is 14.8. The highest BCUT2D eigenvalue weighted by molar-refractivity contribution is 5.82. The molecule has 1 N–H and O–H groups in total. The van der Waals surface area contributed by atoms with E-state index in [0.29, 0.717) is 22.8 Å². The molecule has 1 aliphatic rings. The van der Waals surface area contributed by atoms with Crippen molar-refractivity contribution in [3.8, 4) is 17.1 Å². The molecule has 30 heavy (non-hydrogen) atoms. The van der Waals surface area contributed by atoms with Gasteiger partial charge in [0.1, 0.15) is 22.9 Å². The van der Waals surface area contributed by atoms with Gasteiger partial charge in [0.15, 0.2) is 5.43 Å². The highest BCUT2D eigenvalue weighted by atomic mass is 19.1. The lowest BCUT2D eigenvalue weighted by Crippen LogP contribution is -2.49. The van der Waals surface area contributed by atoms with Crippen molar-refractivity contribution in [3.05, 3.63) is 58.0 Å². The number of piperazine rings is 1. The van der Waals surface area contributed by atoms with Crippen LogP contribution in [0.15, 0.2) is 45.6 Å². The summed E-state index contributed by atoms with van der Waals surface area (Å²) in [6, 6.07) is 10.5. The van der Waals surface area contributed by atoms with E-state index in [9.17, 15) is 9.18 Å². The quantitative estimate of drug-likeness (QED) is 0.677. The average Bonchev–Trinajstić information content (AvgIpc) is 2.74. The van der Waals surface area contributed by atoms with Gasteiger partial charge >= 0.3 is 0 Å². The Kier molecular flexibility index (Phi) is 5.77. The molecular weight excluding hydrogens is 383 g/mol. The van der Waals surface area contributed by atoms with Crippen molar-refractivity contribution in [1.29, 1.82) is 0 Å². The number of anilines is 1. The van der Waals surface area contributed by atoms with Crippen LogP contribution in [0.5, 0.6) is 5.75 Å². The number of halogens is 1. The van der Waals surface area contributed by atoms with E-state index in [0.717, 1.165) is 43.7 Å². The van der Waals surface area contributed by atoms with Crippen LogP contribution in [0.25, 0.3) is 22.3 Å².